The molecule has 0 aliphatic heterocycles. The summed E-state index contributed by atoms with van der Waals surface area (Å²) >= 11 is 5.09. The molecule has 0 heterocycles. The van der Waals surface area contributed by atoms with Gasteiger partial charge in [-0.05, 0) is 26.0 Å². The summed E-state index contributed by atoms with van der Waals surface area (Å²) in [5.74, 6) is -1.99. The van der Waals surface area contributed by atoms with E-state index in [4.69, 9.17) is 17.0 Å². The van der Waals surface area contributed by atoms with Crippen molar-refractivity contribution in [2.24, 2.45) is 5.92 Å². The molecule has 0 bridgehead atoms. The minimum Gasteiger partial charge on any atom is -0.465 e. The van der Waals surface area contributed by atoms with Crippen LogP contribution in [0.3, 0.4) is 0 Å². The van der Waals surface area contributed by atoms with Gasteiger partial charge in [0.2, 0.25) is 0 Å². The van der Waals surface area contributed by atoms with Crippen molar-refractivity contribution in [3.63, 3.8) is 0 Å². The van der Waals surface area contributed by atoms with E-state index in [2.05, 4.69) is 5.32 Å². The van der Waals surface area contributed by atoms with E-state index in [1.54, 1.807) is 19.1 Å². The fraction of sp³-hybridized carbons (Fsp3) is 0.308. The summed E-state index contributed by atoms with van der Waals surface area (Å²) in [5, 5.41) is 2.87. The number of rotatable bonds is 5. The Morgan fingerprint density at radius 2 is 1.94 bits per heavy atom. The number of ether oxygens (including phenoxy) is 1. The number of esters is 1. The standard InChI is InChI=1S/C13H15NO3S/c1-3-17-13(16)11(9(2)15)12(18)14-10-7-5-4-6-8-10/h4-8,11H,3H2,1-2H3,(H,14,18). The molecule has 96 valence electrons. The molecule has 0 radical (unpaired) electrons. The number of para-hydroxylation sites is 1. The van der Waals surface area contributed by atoms with Crippen LogP contribution >= 0.6 is 12.2 Å². The first-order valence-electron chi connectivity index (χ1n) is 5.59. The van der Waals surface area contributed by atoms with Gasteiger partial charge in [0.15, 0.2) is 11.7 Å². The summed E-state index contributed by atoms with van der Waals surface area (Å²) in [6, 6.07) is 9.13. The molecule has 5 heteroatoms. The second kappa shape index (κ2) is 6.86. The van der Waals surface area contributed by atoms with E-state index in [9.17, 15) is 9.59 Å². The van der Waals surface area contributed by atoms with E-state index < -0.39 is 11.9 Å². The second-order valence-corrected chi connectivity index (χ2v) is 4.09. The Labute approximate surface area is 111 Å². The van der Waals surface area contributed by atoms with Crippen LogP contribution in [0.1, 0.15) is 13.8 Å². The number of benzene rings is 1. The topological polar surface area (TPSA) is 55.4 Å². The van der Waals surface area contributed by atoms with Gasteiger partial charge in [0.05, 0.1) is 6.61 Å². The van der Waals surface area contributed by atoms with E-state index in [0.29, 0.717) is 0 Å². The van der Waals surface area contributed by atoms with E-state index >= 15 is 0 Å². The summed E-state index contributed by atoms with van der Waals surface area (Å²) in [6.07, 6.45) is 0. The highest BCUT2D eigenvalue weighted by molar-refractivity contribution is 7.80. The lowest BCUT2D eigenvalue weighted by atomic mass is 10.1. The van der Waals surface area contributed by atoms with Crippen LogP contribution in [0.25, 0.3) is 0 Å². The van der Waals surface area contributed by atoms with Crippen LogP contribution in [0, 0.1) is 5.92 Å². The third-order valence-electron chi connectivity index (χ3n) is 2.23. The Hall–Kier alpha value is -1.75. The number of ketones is 1. The molecule has 0 aliphatic rings. The molecule has 0 aromatic heterocycles. The lowest BCUT2D eigenvalue weighted by Gasteiger charge is -2.15. The van der Waals surface area contributed by atoms with Crippen molar-refractivity contribution in [2.45, 2.75) is 13.8 Å². The summed E-state index contributed by atoms with van der Waals surface area (Å²) in [6.45, 7) is 3.22. The lowest BCUT2D eigenvalue weighted by Crippen LogP contribution is -2.35. The van der Waals surface area contributed by atoms with Crippen molar-refractivity contribution in [3.8, 4) is 0 Å². The van der Waals surface area contributed by atoms with Gasteiger partial charge >= 0.3 is 5.97 Å². The number of thiocarbonyl (C=S) groups is 1. The largest absolute Gasteiger partial charge is 0.465 e. The molecule has 0 amide bonds. The smallest absolute Gasteiger partial charge is 0.323 e. The molecule has 1 unspecified atom stereocenters. The molecule has 0 fully saturated rings. The zero-order valence-corrected chi connectivity index (χ0v) is 11.1. The average Bonchev–Trinajstić information content (AvgIpc) is 2.30. The van der Waals surface area contributed by atoms with E-state index in [0.717, 1.165) is 5.69 Å². The van der Waals surface area contributed by atoms with Gasteiger partial charge in [0.1, 0.15) is 4.99 Å². The van der Waals surface area contributed by atoms with Crippen LogP contribution in [0.15, 0.2) is 30.3 Å². The van der Waals surface area contributed by atoms with Crippen molar-refractivity contribution in [3.05, 3.63) is 30.3 Å². The summed E-state index contributed by atoms with van der Waals surface area (Å²) in [7, 11) is 0. The highest BCUT2D eigenvalue weighted by Crippen LogP contribution is 2.11. The van der Waals surface area contributed by atoms with E-state index in [1.807, 2.05) is 18.2 Å². The van der Waals surface area contributed by atoms with Crippen molar-refractivity contribution in [2.75, 3.05) is 11.9 Å². The lowest BCUT2D eigenvalue weighted by molar-refractivity contribution is -0.148. The van der Waals surface area contributed by atoms with Gasteiger partial charge in [-0.2, -0.15) is 0 Å². The minimum absolute atomic E-state index is 0.159. The monoisotopic (exact) mass is 265 g/mol. The van der Waals surface area contributed by atoms with Crippen molar-refractivity contribution in [1.82, 2.24) is 0 Å². The third kappa shape index (κ3) is 3.92. The van der Waals surface area contributed by atoms with Gasteiger partial charge in [-0.25, -0.2) is 0 Å². The molecule has 0 saturated carbocycles. The van der Waals surface area contributed by atoms with Crippen LogP contribution in [0.5, 0.6) is 0 Å². The Morgan fingerprint density at radius 1 is 1.33 bits per heavy atom. The van der Waals surface area contributed by atoms with Crippen LogP contribution in [-0.2, 0) is 14.3 Å². The first-order chi connectivity index (χ1) is 8.56. The van der Waals surface area contributed by atoms with Crippen LogP contribution < -0.4 is 5.32 Å². The Morgan fingerprint density at radius 3 is 2.44 bits per heavy atom. The second-order valence-electron chi connectivity index (χ2n) is 3.65. The molecule has 1 aromatic carbocycles. The van der Waals surface area contributed by atoms with Crippen molar-refractivity contribution >= 4 is 34.6 Å². The number of anilines is 1. The Kier molecular flexibility index (Phi) is 5.45. The molecular formula is C13H15NO3S. The predicted octanol–water partition coefficient (Wildman–Crippen LogP) is 2.19. The van der Waals surface area contributed by atoms with Gasteiger partial charge in [0.25, 0.3) is 0 Å². The highest BCUT2D eigenvalue weighted by atomic mass is 32.1. The van der Waals surface area contributed by atoms with Crippen molar-refractivity contribution < 1.29 is 14.3 Å². The number of hydrogen-bond acceptors (Lipinski definition) is 4. The van der Waals surface area contributed by atoms with Crippen LogP contribution in [-0.4, -0.2) is 23.3 Å². The zero-order chi connectivity index (χ0) is 13.5. The third-order valence-corrected chi connectivity index (χ3v) is 2.57. The first-order valence-corrected chi connectivity index (χ1v) is 6.00. The number of carbonyl (C=O) groups is 2. The van der Waals surface area contributed by atoms with Gasteiger partial charge in [-0.15, -0.1) is 0 Å². The molecule has 1 atom stereocenters. The fourth-order valence-corrected chi connectivity index (χ4v) is 1.80. The van der Waals surface area contributed by atoms with Crippen molar-refractivity contribution in [1.29, 1.82) is 0 Å². The van der Waals surface area contributed by atoms with Gasteiger partial charge in [0, 0.05) is 5.69 Å². The molecule has 1 rings (SSSR count). The molecule has 1 N–H and O–H groups in total. The molecule has 1 aromatic rings. The summed E-state index contributed by atoms with van der Waals surface area (Å²) in [4.78, 5) is 23.3. The van der Waals surface area contributed by atoms with Gasteiger partial charge in [-0.3, -0.25) is 9.59 Å². The maximum absolute atomic E-state index is 11.6. The minimum atomic E-state index is -1.04. The molecular weight excluding hydrogens is 250 g/mol. The highest BCUT2D eigenvalue weighted by Gasteiger charge is 2.29. The molecule has 0 saturated heterocycles. The zero-order valence-electron chi connectivity index (χ0n) is 10.3. The molecule has 0 aliphatic carbocycles. The Bertz CT molecular complexity index is 445. The van der Waals surface area contributed by atoms with E-state index in [1.165, 1.54) is 6.92 Å². The molecule has 18 heavy (non-hydrogen) atoms. The maximum Gasteiger partial charge on any atom is 0.323 e. The number of carbonyl (C=O) groups excluding carboxylic acids is 2. The van der Waals surface area contributed by atoms with Gasteiger partial charge in [-0.1, -0.05) is 30.4 Å². The molecule has 0 spiro atoms. The predicted molar refractivity (Wildman–Crippen MR) is 73.5 cm³/mol. The number of Topliss-reactive ketones (excluding diaryl/α,β-unsaturated/α-hetero) is 1. The quantitative estimate of drug-likeness (QED) is 0.502. The fourth-order valence-electron chi connectivity index (χ4n) is 1.42. The van der Waals surface area contributed by atoms with E-state index in [-0.39, 0.29) is 17.4 Å². The SMILES string of the molecule is CCOC(=O)C(C(C)=O)C(=S)Nc1ccccc1. The van der Waals surface area contributed by atoms with Crippen LogP contribution in [0.2, 0.25) is 0 Å². The number of hydrogen-bond donors (Lipinski definition) is 1. The Balaban J connectivity index is 2.78. The van der Waals surface area contributed by atoms with Gasteiger partial charge < -0.3 is 10.1 Å². The maximum atomic E-state index is 11.6. The normalized spacial score (nSPS) is 11.4. The van der Waals surface area contributed by atoms with Crippen LogP contribution in [0.4, 0.5) is 5.69 Å². The average molecular weight is 265 g/mol. The summed E-state index contributed by atoms with van der Waals surface area (Å²) < 4.78 is 4.84. The summed E-state index contributed by atoms with van der Waals surface area (Å²) in [5.41, 5.74) is 0.734. The number of nitrogens with one attached hydrogen (secondary N) is 1. The first kappa shape index (κ1) is 14.3. The molecule has 4 nitrogen and oxygen atoms in total.